The number of aliphatic hydroxyl groups is 7. The third kappa shape index (κ3) is 23.5. The second kappa shape index (κ2) is 37.9. The van der Waals surface area contributed by atoms with Crippen molar-refractivity contribution in [2.75, 3.05) is 63.3 Å². The van der Waals surface area contributed by atoms with Gasteiger partial charge >= 0.3 is 12.1 Å². The number of hydrogen-bond donors (Lipinski definition) is 19. The molecular weight excluding hydrogens is 1340 g/mol. The van der Waals surface area contributed by atoms with Crippen LogP contribution >= 0.6 is 21.6 Å². The van der Waals surface area contributed by atoms with E-state index in [1.165, 1.54) is 32.0 Å². The largest absolute Gasteiger partial charge is 0.508 e. The number of phenols is 1. The van der Waals surface area contributed by atoms with Gasteiger partial charge in [-0.2, -0.15) is 0 Å². The van der Waals surface area contributed by atoms with E-state index in [0.717, 1.165) is 26.5 Å². The number of carboxylic acid groups (broad SMARTS) is 1. The molecule has 0 spiro atoms. The number of hydrogen-bond acceptors (Lipinski definition) is 26. The van der Waals surface area contributed by atoms with E-state index in [4.69, 9.17) is 20.3 Å². The molecular formula is C59H87N11O24S3. The minimum atomic E-state index is -2.37. The van der Waals surface area contributed by atoms with Gasteiger partial charge in [-0.1, -0.05) is 62.3 Å². The summed E-state index contributed by atoms with van der Waals surface area (Å²) in [6, 6.07) is -6.40. The lowest BCUT2D eigenvalue weighted by molar-refractivity contribution is -0.144. The molecule has 20 N–H and O–H groups in total. The summed E-state index contributed by atoms with van der Waals surface area (Å²) in [6.45, 7) is 5.78. The lowest BCUT2D eigenvalue weighted by atomic mass is 9.86. The number of aliphatic hydroxyl groups excluding tert-OH is 7. The Morgan fingerprint density at radius 3 is 2.21 bits per heavy atom. The van der Waals surface area contributed by atoms with Gasteiger partial charge in [0.2, 0.25) is 53.2 Å². The minimum absolute atomic E-state index is 0.0154. The maximum atomic E-state index is 15.0. The molecule has 0 radical (unpaired) electrons. The zero-order chi connectivity index (χ0) is 72.1. The number of aliphatic carboxylic acids is 1. The van der Waals surface area contributed by atoms with Crippen LogP contribution in [0.2, 0.25) is 0 Å². The number of nitrogens with one attached hydrogen (secondary N) is 9. The van der Waals surface area contributed by atoms with E-state index in [9.17, 15) is 97.8 Å². The number of H-pyrrole nitrogens is 1. The normalized spacial score (nSPS) is 24.7. The van der Waals surface area contributed by atoms with Gasteiger partial charge in [0, 0.05) is 85.2 Å². The fourth-order valence-corrected chi connectivity index (χ4v) is 13.9. The van der Waals surface area contributed by atoms with E-state index in [1.807, 2.05) is 0 Å². The van der Waals surface area contributed by atoms with Gasteiger partial charge in [0.25, 0.3) is 0 Å². The van der Waals surface area contributed by atoms with Crippen LogP contribution in [0.1, 0.15) is 71.8 Å². The number of nitrogens with two attached hydrogens (primary N) is 1. The number of fused-ring (bicyclic) bond motifs is 5. The molecule has 4 heterocycles. The summed E-state index contributed by atoms with van der Waals surface area (Å²) in [5.41, 5.74) is 5.79. The van der Waals surface area contributed by atoms with E-state index in [0.29, 0.717) is 6.42 Å². The number of carbonyl (C=O) groups excluding carboxylic acids is 11. The van der Waals surface area contributed by atoms with E-state index >= 15 is 4.79 Å². The third-order valence-corrected chi connectivity index (χ3v) is 20.4. The number of aromatic amines is 1. The van der Waals surface area contributed by atoms with Crippen LogP contribution in [0.25, 0.3) is 10.9 Å². The van der Waals surface area contributed by atoms with Gasteiger partial charge in [0.1, 0.15) is 78.6 Å². The molecule has 0 aliphatic carbocycles. The lowest BCUT2D eigenvalue weighted by Crippen LogP contribution is -2.61. The van der Waals surface area contributed by atoms with Gasteiger partial charge in [-0.25, -0.2) is 9.59 Å². The number of primary amides is 1. The molecule has 1 aromatic carbocycles. The average molecular weight is 1430 g/mol. The number of rotatable bonds is 26. The number of aromatic nitrogens is 1. The van der Waals surface area contributed by atoms with Crippen LogP contribution in [0.15, 0.2) is 35.5 Å². The van der Waals surface area contributed by atoms with Gasteiger partial charge in [-0.3, -0.25) is 52.2 Å². The van der Waals surface area contributed by atoms with Crippen LogP contribution in [-0.4, -0.2) is 267 Å². The number of carbonyl (C=O) groups is 12. The first-order valence-corrected chi connectivity index (χ1v) is 34.8. The van der Waals surface area contributed by atoms with Gasteiger partial charge < -0.3 is 114 Å². The summed E-state index contributed by atoms with van der Waals surface area (Å²) in [5, 5.41) is 111. The summed E-state index contributed by atoms with van der Waals surface area (Å²) in [7, 11) is -0.376. The van der Waals surface area contributed by atoms with Crippen molar-refractivity contribution in [2.24, 2.45) is 29.4 Å². The zero-order valence-corrected chi connectivity index (χ0v) is 56.0. The predicted octanol–water partition coefficient (Wildman–Crippen LogP) is -5.76. The Morgan fingerprint density at radius 2 is 1.54 bits per heavy atom. The van der Waals surface area contributed by atoms with Crippen LogP contribution in [0.5, 0.6) is 5.75 Å². The van der Waals surface area contributed by atoms with E-state index < -0.39 is 236 Å². The maximum Gasteiger partial charge on any atom is 0.508 e. The molecule has 1 aromatic heterocycles. The molecule has 97 heavy (non-hydrogen) atoms. The fraction of sp³-hybridized carbons (Fsp3) is 0.627. The predicted molar refractivity (Wildman–Crippen MR) is 345 cm³/mol. The number of phenolic OH excluding ortho intramolecular Hbond substituents is 1. The molecule has 2 bridgehead atoms. The summed E-state index contributed by atoms with van der Waals surface area (Å²) in [5.74, 6) is -15.6. The first-order valence-electron chi connectivity index (χ1n) is 31.0. The molecule has 1 fully saturated rings. The Balaban J connectivity index is 1.36. The molecule has 3 aliphatic heterocycles. The highest BCUT2D eigenvalue weighted by atomic mass is 33.1. The van der Waals surface area contributed by atoms with Crippen molar-refractivity contribution in [1.82, 2.24) is 52.4 Å². The van der Waals surface area contributed by atoms with Crippen molar-refractivity contribution in [2.45, 2.75) is 151 Å². The molecule has 9 amide bonds. The molecule has 2 unspecified atom stereocenters. The van der Waals surface area contributed by atoms with Crippen LogP contribution < -0.4 is 48.3 Å². The molecule has 3 aliphatic rings. The number of amides is 9. The summed E-state index contributed by atoms with van der Waals surface area (Å²) < 4.78 is 25.2. The zero-order valence-electron chi connectivity index (χ0n) is 53.6. The average Bonchev–Trinajstić information content (AvgIpc) is 1.65. The van der Waals surface area contributed by atoms with Crippen molar-refractivity contribution >= 4 is 114 Å². The minimum Gasteiger partial charge on any atom is -0.508 e. The molecule has 17 atom stereocenters. The summed E-state index contributed by atoms with van der Waals surface area (Å²) >= 11 is 0. The van der Waals surface area contributed by atoms with E-state index in [2.05, 4.69) is 54.1 Å². The standard InChI is InChI=1S/C59H87N11O24S3/c1-6-26(2)34-13-31(73)19-63-52(84)37-16-35-33-9-8-30(72)14-36(33)68-56(35)97(92)25-40(64-28(4)18-62-51(34)83)53(85)66-38(17-45(60)78)57(88)70-21-32(74)15-41(70)54(86)69-47(55(87)65-37)29(5)44(77)23-94-59(91)93-11-12-95-96-24-39(58(89)90)67-50(82)27(3)7-10-46(79)61-20-42(75)48(80)49(81)43(76)22-71/h8-9,14,26-27,29,32,34,37-44,47-49,64,68,71-72,74-77,80-81H,4,6-7,10-13,15-25H2,1-3,5H3,(H2,60,78)(H,61,79)(H,62,83)(H,63,84)(H,65,87)(H,66,85)(H,67,82)(H,69,86)(H,89,90)/t26?,27-,29+,32+,34+,37+,38-,39-,40+,41-,42-,43+,44-,47-,48+,49+,97?/m0/s1. The Hall–Kier alpha value is -7.69. The van der Waals surface area contributed by atoms with Crippen LogP contribution in [0.4, 0.5) is 4.79 Å². The van der Waals surface area contributed by atoms with E-state index in [1.54, 1.807) is 13.8 Å². The molecule has 35 nitrogen and oxygen atoms in total. The molecule has 5 rings (SSSR count). The second-order valence-electron chi connectivity index (χ2n) is 23.9. The smallest absolute Gasteiger partial charge is 0.508 e. The SMILES string of the molecule is C=C1CNC(=O)[C@@H](C(C)CC)CC(=O)CNC(=O)[C@H]2Cc3c([nH]c4cc(O)ccc34)S(=O)C[C@@H](N1)C(=O)N[C@@H](CC(N)=O)C(=O)N1C[C@H](O)C[C@H]1C(=O)N[C@@H]([C@H](C)[C@@H](O)COC(=O)OCCSSC[C@H](NC(=O)[C@@H](C)CCC(=O)NC[C@H](O)[C@@H](O)[C@H](O)[C@H](O)CO)C(=O)O)C(=O)N2. The highest BCUT2D eigenvalue weighted by Crippen LogP contribution is 2.31. The van der Waals surface area contributed by atoms with Crippen LogP contribution in [-0.2, 0) is 79.4 Å². The Bertz CT molecular complexity index is 3220. The van der Waals surface area contributed by atoms with Gasteiger partial charge in [-0.15, -0.1) is 0 Å². The number of nitrogens with zero attached hydrogens (tertiary/aromatic N) is 1. The molecule has 38 heteroatoms. The first kappa shape index (κ1) is 80.0. The van der Waals surface area contributed by atoms with Gasteiger partial charge in [-0.05, 0) is 30.0 Å². The topological polar surface area (TPSA) is 564 Å². The van der Waals surface area contributed by atoms with E-state index in [-0.39, 0.29) is 76.9 Å². The lowest BCUT2D eigenvalue weighted by Gasteiger charge is -2.33. The molecule has 1 saturated heterocycles. The number of Topliss-reactive ketones (excluding diaryl/α,β-unsaturated/α-hetero) is 1. The van der Waals surface area contributed by atoms with Gasteiger partial charge in [0.05, 0.1) is 66.5 Å². The Kier molecular flexibility index (Phi) is 31.2. The van der Waals surface area contributed by atoms with Crippen molar-refractivity contribution < 1.29 is 117 Å². The van der Waals surface area contributed by atoms with Gasteiger partial charge in [0.15, 0.2) is 5.78 Å². The Morgan fingerprint density at radius 1 is 0.845 bits per heavy atom. The number of ketones is 1. The Labute approximate surface area is 566 Å². The van der Waals surface area contributed by atoms with Crippen LogP contribution in [0, 0.1) is 23.7 Å². The third-order valence-electron chi connectivity index (χ3n) is 16.6. The van der Waals surface area contributed by atoms with Crippen molar-refractivity contribution in [3.8, 4) is 5.75 Å². The summed E-state index contributed by atoms with van der Waals surface area (Å²) in [6.07, 6.45) is -14.2. The second-order valence-corrected chi connectivity index (χ2v) is 28.0. The number of aromatic hydroxyl groups is 1. The van der Waals surface area contributed by atoms with Crippen molar-refractivity contribution in [3.05, 3.63) is 36.0 Å². The quantitative estimate of drug-likeness (QED) is 0.0237. The molecule has 2 aromatic rings. The number of benzene rings is 1. The van der Waals surface area contributed by atoms with Crippen molar-refractivity contribution in [3.63, 3.8) is 0 Å². The number of ether oxygens (including phenoxy) is 2. The molecule has 540 valence electrons. The monoisotopic (exact) mass is 1430 g/mol. The summed E-state index contributed by atoms with van der Waals surface area (Å²) in [4.78, 5) is 168. The highest BCUT2D eigenvalue weighted by molar-refractivity contribution is 8.76. The fourth-order valence-electron chi connectivity index (χ4n) is 10.5. The maximum absolute atomic E-state index is 15.0. The van der Waals surface area contributed by atoms with Crippen molar-refractivity contribution in [1.29, 1.82) is 0 Å². The molecule has 0 saturated carbocycles. The van der Waals surface area contributed by atoms with Crippen LogP contribution in [0.3, 0.4) is 0 Å². The number of carboxylic acids is 1. The highest BCUT2D eigenvalue weighted by Gasteiger charge is 2.45. The first-order chi connectivity index (χ1) is 45.7.